The zero-order valence-corrected chi connectivity index (χ0v) is 21.6. The van der Waals surface area contributed by atoms with Gasteiger partial charge in [-0.1, -0.05) is 10.3 Å². The minimum Gasteiger partial charge on any atom is -0.494 e. The van der Waals surface area contributed by atoms with E-state index in [9.17, 15) is 18.0 Å². The number of alkyl halides is 3. The second-order valence-corrected chi connectivity index (χ2v) is 8.82. The molecule has 0 bridgehead atoms. The van der Waals surface area contributed by atoms with E-state index < -0.39 is 23.8 Å². The number of pyridine rings is 1. The minimum atomic E-state index is -4.65. The van der Waals surface area contributed by atoms with Crippen molar-refractivity contribution in [1.29, 1.82) is 0 Å². The first kappa shape index (κ1) is 26.8. The van der Waals surface area contributed by atoms with Gasteiger partial charge in [0.1, 0.15) is 28.3 Å². The summed E-state index contributed by atoms with van der Waals surface area (Å²) in [5, 5.41) is 10.6. The van der Waals surface area contributed by atoms with Crippen molar-refractivity contribution in [3.8, 4) is 28.7 Å². The van der Waals surface area contributed by atoms with E-state index >= 15 is 0 Å². The average molecular weight is 557 g/mol. The number of benzene rings is 1. The Balaban J connectivity index is 1.45. The SMILES string of the molecule is COc1ccc(-c2nc(C(=O)NCc3noc(-c4c(C)noc4C)n3)c([C@H](C)N)o2)c2ccc(C(F)(F)F)nc12. The van der Waals surface area contributed by atoms with Gasteiger partial charge < -0.3 is 29.3 Å². The zero-order valence-electron chi connectivity index (χ0n) is 21.6. The summed E-state index contributed by atoms with van der Waals surface area (Å²) < 4.78 is 61.3. The molecule has 0 aliphatic carbocycles. The minimum absolute atomic E-state index is 0.0353. The molecule has 12 nitrogen and oxygen atoms in total. The molecule has 1 aromatic carbocycles. The molecule has 15 heteroatoms. The number of hydrogen-bond donors (Lipinski definition) is 2. The number of rotatable bonds is 7. The summed E-state index contributed by atoms with van der Waals surface area (Å²) in [5.74, 6) is 0.396. The lowest BCUT2D eigenvalue weighted by atomic mass is 10.1. The third-order valence-corrected chi connectivity index (χ3v) is 5.97. The van der Waals surface area contributed by atoms with Gasteiger partial charge in [0, 0.05) is 10.9 Å². The number of aromatic nitrogens is 5. The number of oxazole rings is 1. The number of hydrogen-bond acceptors (Lipinski definition) is 11. The van der Waals surface area contributed by atoms with Gasteiger partial charge in [-0.05, 0) is 45.0 Å². The van der Waals surface area contributed by atoms with Gasteiger partial charge >= 0.3 is 6.18 Å². The summed E-state index contributed by atoms with van der Waals surface area (Å²) in [6, 6.07) is 4.33. The molecule has 0 saturated heterocycles. The number of carbonyl (C=O) groups is 1. The van der Waals surface area contributed by atoms with Crippen molar-refractivity contribution in [3.05, 3.63) is 58.7 Å². The molecule has 4 heterocycles. The van der Waals surface area contributed by atoms with Crippen molar-refractivity contribution in [3.63, 3.8) is 0 Å². The van der Waals surface area contributed by atoms with Gasteiger partial charge in [-0.15, -0.1) is 0 Å². The van der Waals surface area contributed by atoms with Crippen LogP contribution >= 0.6 is 0 Å². The van der Waals surface area contributed by atoms with Crippen molar-refractivity contribution in [2.24, 2.45) is 5.73 Å². The van der Waals surface area contributed by atoms with E-state index in [1.165, 1.54) is 19.2 Å². The normalized spacial score (nSPS) is 12.6. The maximum absolute atomic E-state index is 13.3. The molecular formula is C25H22F3N7O5. The predicted molar refractivity (Wildman–Crippen MR) is 132 cm³/mol. The van der Waals surface area contributed by atoms with E-state index in [1.807, 2.05) is 0 Å². The largest absolute Gasteiger partial charge is 0.494 e. The number of halogens is 3. The molecule has 3 N–H and O–H groups in total. The molecule has 1 amide bonds. The first-order valence-electron chi connectivity index (χ1n) is 11.8. The number of methoxy groups -OCH3 is 1. The molecule has 4 aromatic heterocycles. The van der Waals surface area contributed by atoms with Crippen LogP contribution in [0.15, 0.2) is 37.7 Å². The van der Waals surface area contributed by atoms with Crippen LogP contribution in [0.2, 0.25) is 0 Å². The highest BCUT2D eigenvalue weighted by atomic mass is 19.4. The average Bonchev–Trinajstić information content (AvgIpc) is 3.64. The van der Waals surface area contributed by atoms with E-state index in [1.54, 1.807) is 26.8 Å². The molecule has 0 fully saturated rings. The predicted octanol–water partition coefficient (Wildman–Crippen LogP) is 4.52. The number of nitrogens with one attached hydrogen (secondary N) is 1. The lowest BCUT2D eigenvalue weighted by Crippen LogP contribution is -2.25. The van der Waals surface area contributed by atoms with Crippen LogP contribution in [0.25, 0.3) is 33.8 Å². The van der Waals surface area contributed by atoms with Crippen molar-refractivity contribution in [2.75, 3.05) is 7.11 Å². The van der Waals surface area contributed by atoms with Crippen LogP contribution in [0, 0.1) is 13.8 Å². The molecular weight excluding hydrogens is 535 g/mol. The summed E-state index contributed by atoms with van der Waals surface area (Å²) in [6.45, 7) is 4.92. The molecule has 0 aliphatic rings. The van der Waals surface area contributed by atoms with Gasteiger partial charge in [-0.25, -0.2) is 9.97 Å². The van der Waals surface area contributed by atoms with Gasteiger partial charge in [0.25, 0.3) is 11.8 Å². The van der Waals surface area contributed by atoms with Crippen LogP contribution < -0.4 is 15.8 Å². The number of nitrogens with zero attached hydrogens (tertiary/aromatic N) is 5. The summed E-state index contributed by atoms with van der Waals surface area (Å²) >= 11 is 0. The second-order valence-electron chi connectivity index (χ2n) is 8.82. The first-order chi connectivity index (χ1) is 19.0. The van der Waals surface area contributed by atoms with Crippen molar-refractivity contribution in [1.82, 2.24) is 30.6 Å². The Labute approximate surface area is 223 Å². The van der Waals surface area contributed by atoms with Gasteiger partial charge in [-0.2, -0.15) is 18.2 Å². The molecule has 5 rings (SSSR count). The maximum atomic E-state index is 13.3. The highest BCUT2D eigenvalue weighted by Gasteiger charge is 2.33. The van der Waals surface area contributed by atoms with Crippen LogP contribution in [-0.2, 0) is 12.7 Å². The van der Waals surface area contributed by atoms with Crippen molar-refractivity contribution < 1.29 is 36.2 Å². The Morgan fingerprint density at radius 1 is 1.07 bits per heavy atom. The number of fused-ring (bicyclic) bond motifs is 1. The van der Waals surface area contributed by atoms with Crippen molar-refractivity contribution >= 4 is 16.8 Å². The van der Waals surface area contributed by atoms with Gasteiger partial charge in [-0.3, -0.25) is 4.79 Å². The second kappa shape index (κ2) is 10.1. The molecule has 0 saturated carbocycles. The number of carbonyl (C=O) groups excluding carboxylic acids is 1. The van der Waals surface area contributed by atoms with E-state index in [4.69, 9.17) is 23.9 Å². The fraction of sp³-hybridized carbons (Fsp3) is 0.280. The number of nitrogens with two attached hydrogens (primary N) is 1. The highest BCUT2D eigenvalue weighted by Crippen LogP contribution is 2.37. The van der Waals surface area contributed by atoms with E-state index in [0.29, 0.717) is 22.6 Å². The Kier molecular flexibility index (Phi) is 6.75. The third-order valence-electron chi connectivity index (χ3n) is 5.97. The van der Waals surface area contributed by atoms with Crippen LogP contribution in [0.3, 0.4) is 0 Å². The van der Waals surface area contributed by atoms with Gasteiger partial charge in [0.05, 0.1) is 25.4 Å². The molecule has 208 valence electrons. The molecule has 1 atom stereocenters. The van der Waals surface area contributed by atoms with E-state index in [2.05, 4.69) is 30.6 Å². The quantitative estimate of drug-likeness (QED) is 0.288. The molecule has 0 radical (unpaired) electrons. The fourth-order valence-corrected chi connectivity index (χ4v) is 4.08. The van der Waals surface area contributed by atoms with Gasteiger partial charge in [0.15, 0.2) is 17.3 Å². The van der Waals surface area contributed by atoms with Crippen molar-refractivity contribution in [2.45, 2.75) is 39.5 Å². The number of aryl methyl sites for hydroxylation is 2. The zero-order chi connectivity index (χ0) is 28.8. The summed E-state index contributed by atoms with van der Waals surface area (Å²) in [6.07, 6.45) is -4.65. The third kappa shape index (κ3) is 4.86. The van der Waals surface area contributed by atoms with Gasteiger partial charge in [0.2, 0.25) is 5.89 Å². The maximum Gasteiger partial charge on any atom is 0.433 e. The number of amides is 1. The monoisotopic (exact) mass is 557 g/mol. The van der Waals surface area contributed by atoms with Crippen LogP contribution in [0.1, 0.15) is 52.2 Å². The first-order valence-corrected chi connectivity index (χ1v) is 11.8. The van der Waals surface area contributed by atoms with Crippen LogP contribution in [-0.4, -0.2) is 38.3 Å². The highest BCUT2D eigenvalue weighted by molar-refractivity contribution is 5.98. The lowest BCUT2D eigenvalue weighted by molar-refractivity contribution is -0.140. The molecule has 0 unspecified atom stereocenters. The summed E-state index contributed by atoms with van der Waals surface area (Å²) in [5.41, 5.74) is 6.22. The van der Waals surface area contributed by atoms with E-state index in [-0.39, 0.29) is 52.3 Å². The molecule has 0 aliphatic heterocycles. The number of ether oxygens (including phenoxy) is 1. The smallest absolute Gasteiger partial charge is 0.433 e. The molecule has 5 aromatic rings. The summed E-state index contributed by atoms with van der Waals surface area (Å²) in [7, 11) is 1.32. The molecule has 40 heavy (non-hydrogen) atoms. The van der Waals surface area contributed by atoms with Crippen LogP contribution in [0.5, 0.6) is 5.75 Å². The fourth-order valence-electron chi connectivity index (χ4n) is 4.08. The topological polar surface area (TPSA) is 168 Å². The Morgan fingerprint density at radius 3 is 2.50 bits per heavy atom. The van der Waals surface area contributed by atoms with Crippen LogP contribution in [0.4, 0.5) is 13.2 Å². The Bertz CT molecular complexity index is 1700. The molecule has 0 spiro atoms. The van der Waals surface area contributed by atoms with E-state index in [0.717, 1.165) is 6.07 Å². The Morgan fingerprint density at radius 2 is 1.85 bits per heavy atom. The standard InChI is InChI=1S/C25H22F3N7O5/c1-10(29)21-20(22(36)30-9-17-32-24(40-35-17)18-11(2)34-39-12(18)3)33-23(38-21)14-5-7-15(37-4)19-13(14)6-8-16(31-19)25(26,27)28/h5-8,10H,9,29H2,1-4H3,(H,30,36)/t10-/m0/s1. The Hall–Kier alpha value is -4.79. The summed E-state index contributed by atoms with van der Waals surface area (Å²) in [4.78, 5) is 25.4. The lowest BCUT2D eigenvalue weighted by Gasteiger charge is -2.11.